The summed E-state index contributed by atoms with van der Waals surface area (Å²) in [6.45, 7) is 4.23. The normalized spacial score (nSPS) is 16.1. The van der Waals surface area contributed by atoms with Gasteiger partial charge in [0.05, 0.1) is 6.61 Å². The first kappa shape index (κ1) is 17.7. The molecule has 2 rings (SSSR count). The van der Waals surface area contributed by atoms with Crippen molar-refractivity contribution in [1.82, 2.24) is 0 Å². The standard InChI is InChI=1S/C17H25NO5/c1-17(2,18(20)21)16(19)12-23-15-7-5-13(6-8-15)9-10-22-11-14-3-4-14/h5-8,14,16,19H,3-4,9-12H2,1-2H3. The number of aliphatic hydroxyl groups excluding tert-OH is 1. The van der Waals surface area contributed by atoms with Gasteiger partial charge in [0.2, 0.25) is 5.54 Å². The fraction of sp³-hybridized carbons (Fsp3) is 0.647. The van der Waals surface area contributed by atoms with Gasteiger partial charge in [-0.15, -0.1) is 0 Å². The summed E-state index contributed by atoms with van der Waals surface area (Å²) in [5, 5.41) is 20.7. The summed E-state index contributed by atoms with van der Waals surface area (Å²) in [6, 6.07) is 7.51. The number of aliphatic hydroxyl groups is 1. The van der Waals surface area contributed by atoms with E-state index in [1.807, 2.05) is 24.3 Å². The van der Waals surface area contributed by atoms with Gasteiger partial charge in [0.1, 0.15) is 12.4 Å². The molecule has 1 aromatic carbocycles. The van der Waals surface area contributed by atoms with Crippen LogP contribution in [-0.4, -0.2) is 41.5 Å². The summed E-state index contributed by atoms with van der Waals surface area (Å²) in [7, 11) is 0. The molecule has 0 spiro atoms. The van der Waals surface area contributed by atoms with Crippen molar-refractivity contribution < 1.29 is 19.5 Å². The van der Waals surface area contributed by atoms with Crippen LogP contribution in [0, 0.1) is 16.0 Å². The maximum absolute atomic E-state index is 10.9. The molecule has 0 bridgehead atoms. The average Bonchev–Trinajstić information content (AvgIpc) is 3.34. The van der Waals surface area contributed by atoms with Crippen LogP contribution in [0.5, 0.6) is 5.75 Å². The van der Waals surface area contributed by atoms with E-state index in [2.05, 4.69) is 0 Å². The van der Waals surface area contributed by atoms with Crippen LogP contribution >= 0.6 is 0 Å². The van der Waals surface area contributed by atoms with Crippen LogP contribution in [0.15, 0.2) is 24.3 Å². The van der Waals surface area contributed by atoms with E-state index in [4.69, 9.17) is 9.47 Å². The minimum Gasteiger partial charge on any atom is -0.491 e. The van der Waals surface area contributed by atoms with Crippen molar-refractivity contribution in [3.8, 4) is 5.75 Å². The number of ether oxygens (including phenoxy) is 2. The minimum atomic E-state index is -1.43. The van der Waals surface area contributed by atoms with E-state index >= 15 is 0 Å². The van der Waals surface area contributed by atoms with Crippen molar-refractivity contribution in [1.29, 1.82) is 0 Å². The number of rotatable bonds is 10. The van der Waals surface area contributed by atoms with E-state index in [0.717, 1.165) is 24.5 Å². The molecule has 6 heteroatoms. The van der Waals surface area contributed by atoms with Crippen molar-refractivity contribution in [2.24, 2.45) is 5.92 Å². The van der Waals surface area contributed by atoms with Crippen molar-refractivity contribution in [2.45, 2.75) is 44.8 Å². The highest BCUT2D eigenvalue weighted by atomic mass is 16.6. The number of hydrogen-bond acceptors (Lipinski definition) is 5. The Kier molecular flexibility index (Phi) is 5.96. The van der Waals surface area contributed by atoms with E-state index in [1.165, 1.54) is 26.7 Å². The number of hydrogen-bond donors (Lipinski definition) is 1. The zero-order valence-electron chi connectivity index (χ0n) is 13.7. The zero-order valence-corrected chi connectivity index (χ0v) is 13.7. The first-order valence-electron chi connectivity index (χ1n) is 8.01. The van der Waals surface area contributed by atoms with Gasteiger partial charge in [-0.2, -0.15) is 0 Å². The predicted octanol–water partition coefficient (Wildman–Crippen LogP) is 2.45. The number of nitrogens with zero attached hydrogens (tertiary/aromatic N) is 1. The Balaban J connectivity index is 1.72. The fourth-order valence-electron chi connectivity index (χ4n) is 1.98. The van der Waals surface area contributed by atoms with Gasteiger partial charge in [-0.3, -0.25) is 10.1 Å². The summed E-state index contributed by atoms with van der Waals surface area (Å²) in [5.74, 6) is 1.37. The highest BCUT2D eigenvalue weighted by Crippen LogP contribution is 2.28. The smallest absolute Gasteiger partial charge is 0.245 e. The largest absolute Gasteiger partial charge is 0.491 e. The predicted molar refractivity (Wildman–Crippen MR) is 86.3 cm³/mol. The molecule has 1 aliphatic rings. The van der Waals surface area contributed by atoms with Gasteiger partial charge in [0.25, 0.3) is 0 Å². The van der Waals surface area contributed by atoms with E-state index in [0.29, 0.717) is 12.4 Å². The second-order valence-corrected chi connectivity index (χ2v) is 6.65. The maximum Gasteiger partial charge on any atom is 0.245 e. The second kappa shape index (κ2) is 7.75. The van der Waals surface area contributed by atoms with Crippen LogP contribution in [-0.2, 0) is 11.2 Å². The second-order valence-electron chi connectivity index (χ2n) is 6.65. The molecule has 0 radical (unpaired) electrons. The van der Waals surface area contributed by atoms with Crippen LogP contribution in [0.25, 0.3) is 0 Å². The Hall–Kier alpha value is -1.66. The molecule has 6 nitrogen and oxygen atoms in total. The van der Waals surface area contributed by atoms with Crippen LogP contribution in [0.3, 0.4) is 0 Å². The van der Waals surface area contributed by atoms with Gasteiger partial charge in [-0.1, -0.05) is 12.1 Å². The molecule has 23 heavy (non-hydrogen) atoms. The monoisotopic (exact) mass is 323 g/mol. The van der Waals surface area contributed by atoms with E-state index < -0.39 is 16.6 Å². The van der Waals surface area contributed by atoms with Gasteiger partial charge in [-0.05, 0) is 42.9 Å². The lowest BCUT2D eigenvalue weighted by Crippen LogP contribution is -2.46. The molecule has 1 N–H and O–H groups in total. The molecule has 1 aliphatic carbocycles. The van der Waals surface area contributed by atoms with Gasteiger partial charge >= 0.3 is 0 Å². The van der Waals surface area contributed by atoms with Gasteiger partial charge in [0.15, 0.2) is 6.10 Å². The summed E-state index contributed by atoms with van der Waals surface area (Å²) in [5.41, 5.74) is -0.280. The highest BCUT2D eigenvalue weighted by molar-refractivity contribution is 5.27. The molecular formula is C17H25NO5. The first-order valence-corrected chi connectivity index (χ1v) is 8.01. The summed E-state index contributed by atoms with van der Waals surface area (Å²) >= 11 is 0. The third-order valence-corrected chi connectivity index (χ3v) is 4.20. The molecule has 1 aromatic rings. The Labute approximate surface area is 136 Å². The molecule has 1 unspecified atom stereocenters. The Morgan fingerprint density at radius 3 is 2.57 bits per heavy atom. The van der Waals surface area contributed by atoms with E-state index in [1.54, 1.807) is 0 Å². The topological polar surface area (TPSA) is 81.8 Å². The first-order chi connectivity index (χ1) is 10.9. The molecule has 1 fully saturated rings. The molecule has 1 saturated carbocycles. The van der Waals surface area contributed by atoms with Crippen molar-refractivity contribution in [3.05, 3.63) is 39.9 Å². The maximum atomic E-state index is 10.9. The Morgan fingerprint density at radius 2 is 2.00 bits per heavy atom. The van der Waals surface area contributed by atoms with Gasteiger partial charge < -0.3 is 14.6 Å². The van der Waals surface area contributed by atoms with Crippen LogP contribution in [0.2, 0.25) is 0 Å². The van der Waals surface area contributed by atoms with Crippen molar-refractivity contribution >= 4 is 0 Å². The minimum absolute atomic E-state index is 0.113. The molecule has 1 atom stereocenters. The van der Waals surface area contributed by atoms with Gasteiger partial charge in [-0.25, -0.2) is 0 Å². The lowest BCUT2D eigenvalue weighted by atomic mass is 9.99. The summed E-state index contributed by atoms with van der Waals surface area (Å²) in [6.07, 6.45) is 2.27. The zero-order chi connectivity index (χ0) is 16.9. The lowest BCUT2D eigenvalue weighted by Gasteiger charge is -2.22. The molecular weight excluding hydrogens is 298 g/mol. The van der Waals surface area contributed by atoms with Crippen molar-refractivity contribution in [3.63, 3.8) is 0 Å². The molecule has 0 aliphatic heterocycles. The van der Waals surface area contributed by atoms with Crippen LogP contribution < -0.4 is 4.74 Å². The fourth-order valence-corrected chi connectivity index (χ4v) is 1.98. The molecule has 128 valence electrons. The third-order valence-electron chi connectivity index (χ3n) is 4.20. The van der Waals surface area contributed by atoms with Crippen LogP contribution in [0.4, 0.5) is 0 Å². The Morgan fingerprint density at radius 1 is 1.35 bits per heavy atom. The third kappa shape index (κ3) is 5.48. The van der Waals surface area contributed by atoms with Crippen LogP contribution in [0.1, 0.15) is 32.3 Å². The summed E-state index contributed by atoms with van der Waals surface area (Å²) < 4.78 is 11.0. The van der Waals surface area contributed by atoms with Crippen molar-refractivity contribution in [2.75, 3.05) is 19.8 Å². The number of benzene rings is 1. The molecule has 0 aromatic heterocycles. The SMILES string of the molecule is CC(C)(C(O)COc1ccc(CCOCC2CC2)cc1)[N+](=O)[O-]. The average molecular weight is 323 g/mol. The molecule has 0 amide bonds. The Bertz CT molecular complexity index is 510. The van der Waals surface area contributed by atoms with E-state index in [9.17, 15) is 15.2 Å². The highest BCUT2D eigenvalue weighted by Gasteiger charge is 2.40. The van der Waals surface area contributed by atoms with E-state index in [-0.39, 0.29) is 6.61 Å². The molecule has 0 heterocycles. The quantitative estimate of drug-likeness (QED) is 0.406. The molecule has 0 saturated heterocycles. The van der Waals surface area contributed by atoms with Gasteiger partial charge in [0, 0.05) is 25.4 Å². The lowest BCUT2D eigenvalue weighted by molar-refractivity contribution is -0.573. The number of nitro groups is 1. The summed E-state index contributed by atoms with van der Waals surface area (Å²) in [4.78, 5) is 10.4.